The van der Waals surface area contributed by atoms with Crippen LogP contribution in [-0.2, 0) is 16.8 Å². The fourth-order valence-electron chi connectivity index (χ4n) is 2.72. The van der Waals surface area contributed by atoms with E-state index in [1.807, 2.05) is 49.4 Å². The minimum absolute atomic E-state index is 0.0542. The Bertz CT molecular complexity index is 702. The molecule has 2 rings (SSSR count). The van der Waals surface area contributed by atoms with Crippen LogP contribution < -0.4 is 4.72 Å². The monoisotopic (exact) mass is 330 g/mol. The van der Waals surface area contributed by atoms with Crippen LogP contribution in [-0.4, -0.2) is 24.8 Å². The highest BCUT2D eigenvalue weighted by Crippen LogP contribution is 2.25. The highest BCUT2D eigenvalue weighted by atomic mass is 32.2. The van der Waals surface area contributed by atoms with Gasteiger partial charge < -0.3 is 0 Å². The SMILES string of the molecule is C#C/C=C\C=C/CC[C@H]1[C@@H](C)NS(=O)(=O)N1Cc1ccccc1. The molecule has 1 N–H and O–H groups in total. The molecule has 1 heterocycles. The van der Waals surface area contributed by atoms with Crippen LogP contribution in [0.4, 0.5) is 0 Å². The number of terminal acetylenes is 1. The van der Waals surface area contributed by atoms with Crippen LogP contribution in [0.25, 0.3) is 0 Å². The molecular formula is C18H22N2O2S. The molecule has 1 aliphatic rings. The average Bonchev–Trinajstić information content (AvgIpc) is 2.73. The van der Waals surface area contributed by atoms with Crippen molar-refractivity contribution in [3.63, 3.8) is 0 Å². The van der Waals surface area contributed by atoms with Crippen LogP contribution >= 0.6 is 0 Å². The maximum Gasteiger partial charge on any atom is 0.280 e. The maximum absolute atomic E-state index is 12.3. The van der Waals surface area contributed by atoms with Crippen LogP contribution in [0.5, 0.6) is 0 Å². The van der Waals surface area contributed by atoms with Gasteiger partial charge in [-0.3, -0.25) is 0 Å². The van der Waals surface area contributed by atoms with Gasteiger partial charge in [0, 0.05) is 18.6 Å². The van der Waals surface area contributed by atoms with Crippen molar-refractivity contribution in [1.82, 2.24) is 9.03 Å². The van der Waals surface area contributed by atoms with Crippen molar-refractivity contribution in [2.45, 2.75) is 38.4 Å². The van der Waals surface area contributed by atoms with E-state index in [-0.39, 0.29) is 12.1 Å². The molecule has 0 amide bonds. The maximum atomic E-state index is 12.3. The second-order valence-electron chi connectivity index (χ2n) is 5.54. The van der Waals surface area contributed by atoms with Crippen molar-refractivity contribution in [1.29, 1.82) is 0 Å². The minimum atomic E-state index is -3.42. The molecule has 1 aromatic carbocycles. The van der Waals surface area contributed by atoms with Crippen LogP contribution in [0.3, 0.4) is 0 Å². The lowest BCUT2D eigenvalue weighted by molar-refractivity contribution is 0.302. The molecule has 0 radical (unpaired) electrons. The third-order valence-corrected chi connectivity index (χ3v) is 5.53. The molecule has 0 saturated carbocycles. The lowest BCUT2D eigenvalue weighted by atomic mass is 10.0. The van der Waals surface area contributed by atoms with E-state index in [1.165, 1.54) is 0 Å². The van der Waals surface area contributed by atoms with Gasteiger partial charge in [0.15, 0.2) is 0 Å². The fraction of sp³-hybridized carbons (Fsp3) is 0.333. The Labute approximate surface area is 139 Å². The van der Waals surface area contributed by atoms with Crippen molar-refractivity contribution < 1.29 is 8.42 Å². The first-order chi connectivity index (χ1) is 11.0. The number of rotatable bonds is 6. The topological polar surface area (TPSA) is 49.4 Å². The third kappa shape index (κ3) is 4.80. The van der Waals surface area contributed by atoms with Crippen molar-refractivity contribution in [2.24, 2.45) is 0 Å². The molecule has 23 heavy (non-hydrogen) atoms. The van der Waals surface area contributed by atoms with Crippen LogP contribution in [0.15, 0.2) is 54.6 Å². The highest BCUT2D eigenvalue weighted by molar-refractivity contribution is 7.87. The molecule has 4 nitrogen and oxygen atoms in total. The second kappa shape index (κ2) is 8.11. The van der Waals surface area contributed by atoms with Gasteiger partial charge in [0.2, 0.25) is 0 Å². The van der Waals surface area contributed by atoms with Crippen molar-refractivity contribution in [3.8, 4) is 12.3 Å². The molecule has 0 unspecified atom stereocenters. The zero-order valence-electron chi connectivity index (χ0n) is 13.2. The minimum Gasteiger partial charge on any atom is -0.198 e. The Hall–Kier alpha value is -1.87. The van der Waals surface area contributed by atoms with Gasteiger partial charge in [0.05, 0.1) is 0 Å². The molecule has 0 aromatic heterocycles. The first kappa shape index (κ1) is 17.5. The van der Waals surface area contributed by atoms with E-state index in [1.54, 1.807) is 16.5 Å². The summed E-state index contributed by atoms with van der Waals surface area (Å²) < 4.78 is 28.9. The first-order valence-corrected chi connectivity index (χ1v) is 9.09. The number of allylic oxidation sites excluding steroid dienone is 4. The predicted octanol–water partition coefficient (Wildman–Crippen LogP) is 2.62. The molecule has 1 fully saturated rings. The summed E-state index contributed by atoms with van der Waals surface area (Å²) in [6.07, 6.45) is 14.0. The number of hydrogen-bond acceptors (Lipinski definition) is 2. The lowest BCUT2D eigenvalue weighted by Crippen LogP contribution is -2.35. The van der Waals surface area contributed by atoms with Crippen molar-refractivity contribution >= 4 is 10.2 Å². The second-order valence-corrected chi connectivity index (χ2v) is 7.20. The standard InChI is InChI=1S/C18H22N2O2S/c1-3-4-5-6-7-11-14-18-16(2)19-23(21,22)20(18)15-17-12-9-8-10-13-17/h1,4-10,12-13,16,18-19H,11,14-15H2,2H3/b5-4-,7-6-/t16-,18+/m1/s1. The van der Waals surface area contributed by atoms with Crippen LogP contribution in [0.1, 0.15) is 25.3 Å². The summed E-state index contributed by atoms with van der Waals surface area (Å²) in [5.41, 5.74) is 0.990. The molecule has 1 aliphatic heterocycles. The van der Waals surface area contributed by atoms with Gasteiger partial charge in [0.1, 0.15) is 0 Å². The summed E-state index contributed by atoms with van der Waals surface area (Å²) in [7, 11) is -3.42. The average molecular weight is 330 g/mol. The van der Waals surface area contributed by atoms with Gasteiger partial charge in [0.25, 0.3) is 10.2 Å². The van der Waals surface area contributed by atoms with Gasteiger partial charge in [-0.1, -0.05) is 54.5 Å². The Morgan fingerprint density at radius 2 is 2.04 bits per heavy atom. The molecule has 5 heteroatoms. The Kier molecular flexibility index (Phi) is 6.17. The number of nitrogens with one attached hydrogen (secondary N) is 1. The van der Waals surface area contributed by atoms with E-state index >= 15 is 0 Å². The quantitative estimate of drug-likeness (QED) is 0.644. The van der Waals surface area contributed by atoms with E-state index < -0.39 is 10.2 Å². The molecule has 122 valence electrons. The van der Waals surface area contributed by atoms with E-state index in [0.717, 1.165) is 18.4 Å². The molecule has 1 aromatic rings. The van der Waals surface area contributed by atoms with E-state index in [9.17, 15) is 8.42 Å². The molecule has 0 bridgehead atoms. The summed E-state index contributed by atoms with van der Waals surface area (Å²) in [6, 6.07) is 9.50. The van der Waals surface area contributed by atoms with Gasteiger partial charge in [-0.2, -0.15) is 17.4 Å². The van der Waals surface area contributed by atoms with Crippen LogP contribution in [0, 0.1) is 12.3 Å². The molecule has 0 spiro atoms. The summed E-state index contributed by atoms with van der Waals surface area (Å²) in [5.74, 6) is 2.42. The zero-order valence-corrected chi connectivity index (χ0v) is 14.0. The van der Waals surface area contributed by atoms with Gasteiger partial charge in [-0.05, 0) is 31.4 Å². The molecular weight excluding hydrogens is 308 g/mol. The number of nitrogens with zero attached hydrogens (tertiary/aromatic N) is 1. The van der Waals surface area contributed by atoms with E-state index in [2.05, 4.69) is 10.6 Å². The van der Waals surface area contributed by atoms with Gasteiger partial charge >= 0.3 is 0 Å². The summed E-state index contributed by atoms with van der Waals surface area (Å²) in [5, 5.41) is 0. The van der Waals surface area contributed by atoms with E-state index in [4.69, 9.17) is 6.42 Å². The van der Waals surface area contributed by atoms with E-state index in [0.29, 0.717) is 6.54 Å². The van der Waals surface area contributed by atoms with Crippen molar-refractivity contribution in [3.05, 3.63) is 60.2 Å². The highest BCUT2D eigenvalue weighted by Gasteiger charge is 2.41. The van der Waals surface area contributed by atoms with Crippen LogP contribution in [0.2, 0.25) is 0 Å². The molecule has 1 saturated heterocycles. The third-order valence-electron chi connectivity index (χ3n) is 3.84. The van der Waals surface area contributed by atoms with Crippen molar-refractivity contribution in [2.75, 3.05) is 0 Å². The fourth-order valence-corrected chi connectivity index (χ4v) is 4.45. The Balaban J connectivity index is 2.05. The summed E-state index contributed by atoms with van der Waals surface area (Å²) >= 11 is 0. The lowest BCUT2D eigenvalue weighted by Gasteiger charge is -2.23. The Morgan fingerprint density at radius 1 is 1.30 bits per heavy atom. The molecule has 0 aliphatic carbocycles. The van der Waals surface area contributed by atoms with Gasteiger partial charge in [-0.25, -0.2) is 0 Å². The smallest absolute Gasteiger partial charge is 0.198 e. The number of hydrogen-bond donors (Lipinski definition) is 1. The first-order valence-electron chi connectivity index (χ1n) is 7.65. The summed E-state index contributed by atoms with van der Waals surface area (Å²) in [6.45, 7) is 2.31. The zero-order chi connectivity index (χ0) is 16.7. The predicted molar refractivity (Wildman–Crippen MR) is 93.6 cm³/mol. The summed E-state index contributed by atoms with van der Waals surface area (Å²) in [4.78, 5) is 0. The number of benzene rings is 1. The largest absolute Gasteiger partial charge is 0.280 e. The normalized spacial score (nSPS) is 24.3. The molecule has 2 atom stereocenters. The Morgan fingerprint density at radius 3 is 2.74 bits per heavy atom. The van der Waals surface area contributed by atoms with Gasteiger partial charge in [-0.15, -0.1) is 6.42 Å².